The maximum absolute atomic E-state index is 5.34. The number of hydrogen-bond acceptors (Lipinski definition) is 5. The molecule has 2 bridgehead atoms. The molecule has 5 rings (SSSR count). The summed E-state index contributed by atoms with van der Waals surface area (Å²) in [6.07, 6.45) is 7.46. The molecule has 8 nitrogen and oxygen atoms in total. The highest BCUT2D eigenvalue weighted by Crippen LogP contribution is 2.46. The second-order valence-corrected chi connectivity index (χ2v) is 8.25. The van der Waals surface area contributed by atoms with Gasteiger partial charge in [0.15, 0.2) is 11.7 Å². The van der Waals surface area contributed by atoms with E-state index in [1.807, 2.05) is 19.2 Å². The Bertz CT molecular complexity index is 813. The Kier molecular flexibility index (Phi) is 6.43. The van der Waals surface area contributed by atoms with Crippen molar-refractivity contribution < 1.29 is 4.42 Å². The highest BCUT2D eigenvalue weighted by atomic mass is 127. The number of piperazine rings is 1. The maximum atomic E-state index is 5.34. The zero-order valence-corrected chi connectivity index (χ0v) is 19.2. The van der Waals surface area contributed by atoms with Crippen molar-refractivity contribution in [2.45, 2.75) is 38.3 Å². The Hall–Kier alpha value is -1.62. The molecule has 0 amide bonds. The molecular formula is C20H30IN7O. The first-order valence-corrected chi connectivity index (χ1v) is 10.4. The number of H-pyrrole nitrogens is 1. The second kappa shape index (κ2) is 9.03. The molecule has 1 aliphatic heterocycles. The molecule has 3 unspecified atom stereocenters. The molecule has 1 saturated heterocycles. The average Bonchev–Trinajstić information content (AvgIpc) is 3.53. The molecule has 0 radical (unpaired) electrons. The van der Waals surface area contributed by atoms with Gasteiger partial charge in [0.05, 0.1) is 12.8 Å². The summed E-state index contributed by atoms with van der Waals surface area (Å²) in [4.78, 5) is 14.1. The van der Waals surface area contributed by atoms with Gasteiger partial charge in [0.2, 0.25) is 5.82 Å². The van der Waals surface area contributed by atoms with Crippen LogP contribution in [0, 0.1) is 11.8 Å². The molecule has 3 aliphatic rings. The summed E-state index contributed by atoms with van der Waals surface area (Å²) in [5, 5.41) is 10.6. The summed E-state index contributed by atoms with van der Waals surface area (Å²) in [6, 6.07) is 4.53. The minimum absolute atomic E-state index is 0. The molecule has 29 heavy (non-hydrogen) atoms. The molecular weight excluding hydrogens is 481 g/mol. The summed E-state index contributed by atoms with van der Waals surface area (Å²) in [6.45, 7) is 4.90. The van der Waals surface area contributed by atoms with Crippen LogP contribution in [0.1, 0.15) is 31.5 Å². The van der Waals surface area contributed by atoms with Gasteiger partial charge in [-0.1, -0.05) is 6.42 Å². The van der Waals surface area contributed by atoms with Crippen LogP contribution in [0.4, 0.5) is 0 Å². The van der Waals surface area contributed by atoms with E-state index < -0.39 is 0 Å². The van der Waals surface area contributed by atoms with Crippen molar-refractivity contribution in [3.05, 3.63) is 24.2 Å². The zero-order chi connectivity index (χ0) is 18.9. The summed E-state index contributed by atoms with van der Waals surface area (Å²) in [5.41, 5.74) is 0. The minimum atomic E-state index is 0. The summed E-state index contributed by atoms with van der Waals surface area (Å²) in [7, 11) is 1.85. The van der Waals surface area contributed by atoms with Crippen molar-refractivity contribution in [1.82, 2.24) is 30.3 Å². The van der Waals surface area contributed by atoms with E-state index >= 15 is 0 Å². The smallest absolute Gasteiger partial charge is 0.216 e. The molecule has 2 aliphatic carbocycles. The van der Waals surface area contributed by atoms with Crippen molar-refractivity contribution in [2.24, 2.45) is 16.8 Å². The van der Waals surface area contributed by atoms with Crippen molar-refractivity contribution in [2.75, 3.05) is 33.2 Å². The molecule has 158 valence electrons. The van der Waals surface area contributed by atoms with Crippen LogP contribution in [-0.4, -0.2) is 70.2 Å². The van der Waals surface area contributed by atoms with E-state index in [2.05, 4.69) is 35.3 Å². The van der Waals surface area contributed by atoms with Gasteiger partial charge in [-0.2, -0.15) is 0 Å². The van der Waals surface area contributed by atoms with Gasteiger partial charge in [-0.05, 0) is 43.2 Å². The Labute approximate surface area is 188 Å². The summed E-state index contributed by atoms with van der Waals surface area (Å²) < 4.78 is 5.34. The van der Waals surface area contributed by atoms with Crippen molar-refractivity contribution in [3.63, 3.8) is 0 Å². The van der Waals surface area contributed by atoms with Gasteiger partial charge < -0.3 is 14.6 Å². The fraction of sp³-hybridized carbons (Fsp3) is 0.650. The van der Waals surface area contributed by atoms with Gasteiger partial charge in [0.25, 0.3) is 0 Å². The van der Waals surface area contributed by atoms with E-state index in [0.717, 1.165) is 55.8 Å². The molecule has 3 heterocycles. The minimum Gasteiger partial charge on any atom is -0.461 e. The Balaban J connectivity index is 0.00000205. The van der Waals surface area contributed by atoms with Crippen LogP contribution in [-0.2, 0) is 6.54 Å². The van der Waals surface area contributed by atoms with Gasteiger partial charge in [-0.15, -0.1) is 29.1 Å². The monoisotopic (exact) mass is 511 g/mol. The maximum Gasteiger partial charge on any atom is 0.216 e. The van der Waals surface area contributed by atoms with E-state index in [4.69, 9.17) is 4.42 Å². The number of nitrogens with zero attached hydrogens (tertiary/aromatic N) is 5. The molecule has 2 N–H and O–H groups in total. The van der Waals surface area contributed by atoms with Gasteiger partial charge in [0.1, 0.15) is 5.82 Å². The Morgan fingerprint density at radius 1 is 1.28 bits per heavy atom. The van der Waals surface area contributed by atoms with E-state index in [9.17, 15) is 0 Å². The molecule has 3 atom stereocenters. The number of furan rings is 1. The lowest BCUT2D eigenvalue weighted by Crippen LogP contribution is -2.55. The van der Waals surface area contributed by atoms with Gasteiger partial charge >= 0.3 is 0 Å². The van der Waals surface area contributed by atoms with Crippen molar-refractivity contribution in [1.29, 1.82) is 0 Å². The number of aromatic amines is 1. The molecule has 9 heteroatoms. The predicted octanol–water partition coefficient (Wildman–Crippen LogP) is 2.56. The quantitative estimate of drug-likeness (QED) is 0.373. The van der Waals surface area contributed by atoms with E-state index in [0.29, 0.717) is 18.1 Å². The third-order valence-corrected chi connectivity index (χ3v) is 6.68. The number of fused-ring (bicyclic) bond motifs is 2. The predicted molar refractivity (Wildman–Crippen MR) is 122 cm³/mol. The van der Waals surface area contributed by atoms with Crippen LogP contribution in [0.5, 0.6) is 0 Å². The van der Waals surface area contributed by atoms with Crippen LogP contribution in [0.15, 0.2) is 27.8 Å². The van der Waals surface area contributed by atoms with Crippen LogP contribution in [0.3, 0.4) is 0 Å². The van der Waals surface area contributed by atoms with Crippen LogP contribution >= 0.6 is 24.0 Å². The molecule has 0 aromatic carbocycles. The molecule has 2 aromatic heterocycles. The van der Waals surface area contributed by atoms with E-state index in [1.54, 1.807) is 6.26 Å². The summed E-state index contributed by atoms with van der Waals surface area (Å²) >= 11 is 0. The van der Waals surface area contributed by atoms with Crippen LogP contribution < -0.4 is 5.32 Å². The lowest BCUT2D eigenvalue weighted by molar-refractivity contribution is 0.0958. The second-order valence-electron chi connectivity index (χ2n) is 8.25. The fourth-order valence-electron chi connectivity index (χ4n) is 5.31. The number of halogens is 1. The first-order chi connectivity index (χ1) is 13.8. The van der Waals surface area contributed by atoms with E-state index in [-0.39, 0.29) is 24.0 Å². The number of nitrogens with one attached hydrogen (secondary N) is 2. The van der Waals surface area contributed by atoms with Crippen molar-refractivity contribution >= 4 is 29.9 Å². The first-order valence-electron chi connectivity index (χ1n) is 10.4. The molecule has 0 spiro atoms. The largest absolute Gasteiger partial charge is 0.461 e. The molecule has 2 saturated carbocycles. The first kappa shape index (κ1) is 20.6. The highest BCUT2D eigenvalue weighted by molar-refractivity contribution is 14.0. The normalized spacial score (nSPS) is 27.3. The molecule has 2 aromatic rings. The zero-order valence-electron chi connectivity index (χ0n) is 16.9. The number of guanidine groups is 1. The third-order valence-electron chi connectivity index (χ3n) is 6.68. The SMILES string of the molecule is CN=C(NCc1nc(-c2ccco2)n[nH]1)N1CCN(C2CC3CCC2C3)CC1.I. The number of rotatable bonds is 4. The Morgan fingerprint density at radius 2 is 2.14 bits per heavy atom. The topological polar surface area (TPSA) is 85.6 Å². The summed E-state index contributed by atoms with van der Waals surface area (Å²) in [5.74, 6) is 4.93. The van der Waals surface area contributed by atoms with Gasteiger partial charge in [0, 0.05) is 39.3 Å². The number of aromatic nitrogens is 3. The number of aliphatic imine (C=N–C) groups is 1. The highest BCUT2D eigenvalue weighted by Gasteiger charge is 2.42. The fourth-order valence-corrected chi connectivity index (χ4v) is 5.31. The van der Waals surface area contributed by atoms with E-state index in [1.165, 1.54) is 25.7 Å². The Morgan fingerprint density at radius 3 is 2.79 bits per heavy atom. The number of hydrogen-bond donors (Lipinski definition) is 2. The lowest BCUT2D eigenvalue weighted by Gasteiger charge is -2.41. The third kappa shape index (κ3) is 4.30. The van der Waals surface area contributed by atoms with Gasteiger partial charge in [-0.25, -0.2) is 4.98 Å². The standard InChI is InChI=1S/C20H29N7O.HI/c1-21-20(22-13-18-23-19(25-24-18)17-3-2-10-28-17)27-8-6-26(7-9-27)16-12-14-4-5-15(16)11-14;/h2-3,10,14-16H,4-9,11-13H2,1H3,(H,21,22)(H,23,24,25);1H. The van der Waals surface area contributed by atoms with Gasteiger partial charge in [-0.3, -0.25) is 15.0 Å². The van der Waals surface area contributed by atoms with Crippen LogP contribution in [0.25, 0.3) is 11.6 Å². The lowest BCUT2D eigenvalue weighted by atomic mass is 9.93. The average molecular weight is 511 g/mol. The van der Waals surface area contributed by atoms with Crippen LogP contribution in [0.2, 0.25) is 0 Å². The van der Waals surface area contributed by atoms with Crippen molar-refractivity contribution in [3.8, 4) is 11.6 Å². The molecule has 3 fully saturated rings.